The van der Waals surface area contributed by atoms with E-state index in [0.717, 1.165) is 22.3 Å². The predicted octanol–water partition coefficient (Wildman–Crippen LogP) is 4.06. The second kappa shape index (κ2) is 6.06. The normalized spacial score (nSPS) is 26.7. The number of carbonyl (C=O) groups is 1. The molecule has 3 nitrogen and oxygen atoms in total. The first kappa shape index (κ1) is 16.7. The summed E-state index contributed by atoms with van der Waals surface area (Å²) < 4.78 is 5.67. The van der Waals surface area contributed by atoms with E-state index >= 15 is 0 Å². The Morgan fingerprint density at radius 2 is 1.46 bits per heavy atom. The van der Waals surface area contributed by atoms with E-state index in [4.69, 9.17) is 4.74 Å². The summed E-state index contributed by atoms with van der Waals surface area (Å²) in [5.41, 5.74) is 2.42. The molecular weight excluding hydrogens is 300 g/mol. The quantitative estimate of drug-likeness (QED) is 0.866. The minimum atomic E-state index is -1.37. The van der Waals surface area contributed by atoms with Crippen molar-refractivity contribution in [3.05, 3.63) is 70.8 Å². The van der Waals surface area contributed by atoms with Gasteiger partial charge in [-0.15, -0.1) is 0 Å². The van der Waals surface area contributed by atoms with Crippen LogP contribution >= 0.6 is 0 Å². The van der Waals surface area contributed by atoms with Crippen molar-refractivity contribution in [2.24, 2.45) is 11.8 Å². The average molecular weight is 324 g/mol. The molecule has 24 heavy (non-hydrogen) atoms. The lowest BCUT2D eigenvalue weighted by Crippen LogP contribution is -2.40. The molecule has 1 saturated heterocycles. The molecule has 0 saturated carbocycles. The number of esters is 1. The van der Waals surface area contributed by atoms with E-state index in [-0.39, 0.29) is 11.9 Å². The molecule has 1 heterocycles. The van der Waals surface area contributed by atoms with Gasteiger partial charge >= 0.3 is 5.97 Å². The van der Waals surface area contributed by atoms with E-state index in [1.54, 1.807) is 0 Å². The lowest BCUT2D eigenvalue weighted by atomic mass is 9.72. The van der Waals surface area contributed by atoms with Crippen LogP contribution in [0.25, 0.3) is 0 Å². The highest BCUT2D eigenvalue weighted by atomic mass is 16.6. The summed E-state index contributed by atoms with van der Waals surface area (Å²) in [5.74, 6) is -0.954. The van der Waals surface area contributed by atoms with Gasteiger partial charge in [0, 0.05) is 0 Å². The molecule has 1 fully saturated rings. The van der Waals surface area contributed by atoms with Gasteiger partial charge in [-0.1, -0.05) is 73.5 Å². The fourth-order valence-electron chi connectivity index (χ4n) is 3.62. The summed E-state index contributed by atoms with van der Waals surface area (Å²) in [7, 11) is 0. The van der Waals surface area contributed by atoms with Crippen molar-refractivity contribution in [1.82, 2.24) is 0 Å². The molecule has 0 amide bonds. The zero-order valence-electron chi connectivity index (χ0n) is 14.6. The first-order chi connectivity index (χ1) is 11.3. The van der Waals surface area contributed by atoms with E-state index in [9.17, 15) is 9.90 Å². The number of rotatable bonds is 3. The fourth-order valence-corrected chi connectivity index (χ4v) is 3.62. The standard InChI is InChI=1S/C21H24O3/c1-13(2)18-20(22)24-19(16-9-5-14(3)6-10-16)21(18,23)17-11-7-15(4)8-12-17/h5-13,18-19,23H,1-4H3/t18-,19-,21-/m1/s1. The molecule has 126 valence electrons. The molecule has 0 radical (unpaired) electrons. The molecule has 0 aliphatic carbocycles. The van der Waals surface area contributed by atoms with Crippen LogP contribution in [0.4, 0.5) is 0 Å². The second-order valence-corrected chi connectivity index (χ2v) is 7.14. The molecule has 0 aromatic heterocycles. The van der Waals surface area contributed by atoms with Crippen LogP contribution < -0.4 is 0 Å². The van der Waals surface area contributed by atoms with Crippen LogP contribution in [0.1, 0.15) is 42.2 Å². The smallest absolute Gasteiger partial charge is 0.313 e. The van der Waals surface area contributed by atoms with Crippen molar-refractivity contribution in [2.45, 2.75) is 39.4 Å². The Kier molecular flexibility index (Phi) is 4.22. The highest BCUT2D eigenvalue weighted by molar-refractivity contribution is 5.78. The van der Waals surface area contributed by atoms with Crippen LogP contribution in [0.5, 0.6) is 0 Å². The molecule has 0 unspecified atom stereocenters. The Balaban J connectivity index is 2.14. The number of aryl methyl sites for hydroxylation is 2. The van der Waals surface area contributed by atoms with Crippen molar-refractivity contribution >= 4 is 5.97 Å². The van der Waals surface area contributed by atoms with Crippen LogP contribution in [0, 0.1) is 25.7 Å². The molecule has 0 bridgehead atoms. The molecule has 3 atom stereocenters. The van der Waals surface area contributed by atoms with E-state index in [2.05, 4.69) is 0 Å². The summed E-state index contributed by atoms with van der Waals surface area (Å²) in [6.07, 6.45) is -0.694. The van der Waals surface area contributed by atoms with Gasteiger partial charge in [-0.25, -0.2) is 0 Å². The van der Waals surface area contributed by atoms with E-state index in [1.807, 2.05) is 76.2 Å². The third kappa shape index (κ3) is 2.63. The zero-order chi connectivity index (χ0) is 17.5. The Labute approximate surface area is 143 Å². The van der Waals surface area contributed by atoms with Gasteiger partial charge in [-0.3, -0.25) is 4.79 Å². The highest BCUT2D eigenvalue weighted by Crippen LogP contribution is 2.52. The molecular formula is C21H24O3. The van der Waals surface area contributed by atoms with Gasteiger partial charge in [-0.05, 0) is 30.9 Å². The van der Waals surface area contributed by atoms with Crippen LogP contribution in [0.15, 0.2) is 48.5 Å². The number of aliphatic hydroxyl groups is 1. The molecule has 1 aliphatic rings. The summed E-state index contributed by atoms with van der Waals surface area (Å²) in [6, 6.07) is 15.5. The van der Waals surface area contributed by atoms with Gasteiger partial charge in [0.15, 0.2) is 6.10 Å². The van der Waals surface area contributed by atoms with Gasteiger partial charge < -0.3 is 9.84 Å². The Hall–Kier alpha value is -2.13. The van der Waals surface area contributed by atoms with Crippen molar-refractivity contribution in [1.29, 1.82) is 0 Å². The van der Waals surface area contributed by atoms with Crippen molar-refractivity contribution in [2.75, 3.05) is 0 Å². The van der Waals surface area contributed by atoms with Gasteiger partial charge in [-0.2, -0.15) is 0 Å². The maximum atomic E-state index is 12.5. The number of ether oxygens (including phenoxy) is 1. The predicted molar refractivity (Wildman–Crippen MR) is 93.4 cm³/mol. The molecule has 3 rings (SSSR count). The Bertz CT molecular complexity index is 731. The van der Waals surface area contributed by atoms with Gasteiger partial charge in [0.1, 0.15) is 5.60 Å². The number of carbonyl (C=O) groups excluding carboxylic acids is 1. The lowest BCUT2D eigenvalue weighted by Gasteiger charge is -2.34. The summed E-state index contributed by atoms with van der Waals surface area (Å²) >= 11 is 0. The molecule has 1 N–H and O–H groups in total. The maximum Gasteiger partial charge on any atom is 0.313 e. The first-order valence-corrected chi connectivity index (χ1v) is 8.40. The van der Waals surface area contributed by atoms with Gasteiger partial charge in [0.05, 0.1) is 5.92 Å². The maximum absolute atomic E-state index is 12.5. The third-order valence-corrected chi connectivity index (χ3v) is 4.92. The number of hydrogen-bond acceptors (Lipinski definition) is 3. The van der Waals surface area contributed by atoms with E-state index < -0.39 is 17.6 Å². The van der Waals surface area contributed by atoms with Crippen molar-refractivity contribution in [3.8, 4) is 0 Å². The fraction of sp³-hybridized carbons (Fsp3) is 0.381. The molecule has 2 aromatic rings. The van der Waals surface area contributed by atoms with Crippen LogP contribution in [0.2, 0.25) is 0 Å². The molecule has 2 aromatic carbocycles. The SMILES string of the molecule is Cc1ccc([C@H]2OC(=O)[C@@H](C(C)C)[C@]2(O)c2ccc(C)cc2)cc1. The third-order valence-electron chi connectivity index (χ3n) is 4.92. The van der Waals surface area contributed by atoms with E-state index in [1.165, 1.54) is 0 Å². The van der Waals surface area contributed by atoms with E-state index in [0.29, 0.717) is 0 Å². The molecule has 0 spiro atoms. The van der Waals surface area contributed by atoms with Gasteiger partial charge in [0.25, 0.3) is 0 Å². The molecule has 1 aliphatic heterocycles. The van der Waals surface area contributed by atoms with Crippen molar-refractivity contribution in [3.63, 3.8) is 0 Å². The Morgan fingerprint density at radius 1 is 0.958 bits per heavy atom. The first-order valence-electron chi connectivity index (χ1n) is 8.40. The summed E-state index contributed by atoms with van der Waals surface area (Å²) in [4.78, 5) is 12.5. The minimum Gasteiger partial charge on any atom is -0.454 e. The zero-order valence-corrected chi connectivity index (χ0v) is 14.6. The van der Waals surface area contributed by atoms with Gasteiger partial charge in [0.2, 0.25) is 0 Å². The van der Waals surface area contributed by atoms with Crippen molar-refractivity contribution < 1.29 is 14.6 Å². The van der Waals surface area contributed by atoms with Crippen LogP contribution in [0.3, 0.4) is 0 Å². The minimum absolute atomic E-state index is 0.0285. The highest BCUT2D eigenvalue weighted by Gasteiger charge is 2.58. The summed E-state index contributed by atoms with van der Waals surface area (Å²) in [5, 5.41) is 11.7. The average Bonchev–Trinajstić information content (AvgIpc) is 2.81. The Morgan fingerprint density at radius 3 is 1.96 bits per heavy atom. The largest absolute Gasteiger partial charge is 0.454 e. The van der Waals surface area contributed by atoms with Crippen LogP contribution in [-0.2, 0) is 15.1 Å². The second-order valence-electron chi connectivity index (χ2n) is 7.14. The number of cyclic esters (lactones) is 1. The monoisotopic (exact) mass is 324 g/mol. The summed E-state index contributed by atoms with van der Waals surface area (Å²) in [6.45, 7) is 7.90. The number of hydrogen-bond donors (Lipinski definition) is 1. The molecule has 3 heteroatoms. The lowest BCUT2D eigenvalue weighted by molar-refractivity contribution is -0.145. The topological polar surface area (TPSA) is 46.5 Å². The number of benzene rings is 2. The van der Waals surface area contributed by atoms with Crippen LogP contribution in [-0.4, -0.2) is 11.1 Å².